The molecule has 16 heavy (non-hydrogen) atoms. The fraction of sp³-hybridized carbons (Fsp3) is 0.364. The van der Waals surface area contributed by atoms with Crippen molar-refractivity contribution in [2.24, 2.45) is 0 Å². The first kappa shape index (κ1) is 9.33. The summed E-state index contributed by atoms with van der Waals surface area (Å²) in [6, 6.07) is 1.42. The van der Waals surface area contributed by atoms with Crippen molar-refractivity contribution in [3.05, 3.63) is 39.3 Å². The molecule has 0 amide bonds. The van der Waals surface area contributed by atoms with E-state index in [0.29, 0.717) is 10.9 Å². The predicted molar refractivity (Wildman–Crippen MR) is 59.5 cm³/mol. The van der Waals surface area contributed by atoms with Crippen LogP contribution in [0.25, 0.3) is 10.9 Å². The molecule has 5 heteroatoms. The molecule has 0 saturated heterocycles. The number of hydrogen-bond acceptors (Lipinski definition) is 3. The fourth-order valence-electron chi connectivity index (χ4n) is 1.89. The highest BCUT2D eigenvalue weighted by Crippen LogP contribution is 2.41. The van der Waals surface area contributed by atoms with Crippen LogP contribution in [0.4, 0.5) is 0 Å². The van der Waals surface area contributed by atoms with Crippen LogP contribution in [-0.2, 0) is 5.54 Å². The molecule has 0 atom stereocenters. The summed E-state index contributed by atoms with van der Waals surface area (Å²) < 4.78 is 1.65. The summed E-state index contributed by atoms with van der Waals surface area (Å²) in [4.78, 5) is 29.9. The second-order valence-corrected chi connectivity index (χ2v) is 4.51. The second kappa shape index (κ2) is 2.81. The summed E-state index contributed by atoms with van der Waals surface area (Å²) in [5.74, 6) is 0. The molecule has 2 aromatic heterocycles. The molecule has 5 nitrogen and oxygen atoms in total. The van der Waals surface area contributed by atoms with Crippen LogP contribution in [0.1, 0.15) is 19.8 Å². The first-order chi connectivity index (χ1) is 7.60. The Morgan fingerprint density at radius 2 is 2.19 bits per heavy atom. The summed E-state index contributed by atoms with van der Waals surface area (Å²) >= 11 is 0. The fourth-order valence-corrected chi connectivity index (χ4v) is 1.89. The standard InChI is InChI=1S/C11H11N3O2/c1-11(2-3-11)14-5-7-8(4-9(14)15)12-6-13-10(7)16/h4-6H,2-3H2,1H3,(H,12,13,16). The van der Waals surface area contributed by atoms with Crippen LogP contribution in [-0.4, -0.2) is 14.5 Å². The van der Waals surface area contributed by atoms with Gasteiger partial charge in [-0.2, -0.15) is 0 Å². The van der Waals surface area contributed by atoms with Crippen molar-refractivity contribution in [3.63, 3.8) is 0 Å². The molecular weight excluding hydrogens is 206 g/mol. The lowest BCUT2D eigenvalue weighted by Gasteiger charge is -2.12. The van der Waals surface area contributed by atoms with Crippen LogP contribution >= 0.6 is 0 Å². The molecule has 0 unspecified atom stereocenters. The molecule has 0 aliphatic heterocycles. The minimum atomic E-state index is -0.206. The van der Waals surface area contributed by atoms with Gasteiger partial charge in [-0.05, 0) is 19.8 Å². The van der Waals surface area contributed by atoms with Gasteiger partial charge >= 0.3 is 0 Å². The molecule has 0 bridgehead atoms. The third-order valence-corrected chi connectivity index (χ3v) is 3.23. The maximum atomic E-state index is 11.8. The van der Waals surface area contributed by atoms with Crippen LogP contribution in [0.2, 0.25) is 0 Å². The quantitative estimate of drug-likeness (QED) is 0.760. The Bertz CT molecular complexity index is 679. The van der Waals surface area contributed by atoms with Crippen molar-refractivity contribution >= 4 is 10.9 Å². The number of hydrogen-bond donors (Lipinski definition) is 1. The number of rotatable bonds is 1. The zero-order valence-electron chi connectivity index (χ0n) is 8.86. The molecule has 1 saturated carbocycles. The lowest BCUT2D eigenvalue weighted by molar-refractivity contribution is 0.516. The van der Waals surface area contributed by atoms with Crippen molar-refractivity contribution in [3.8, 4) is 0 Å². The minimum absolute atomic E-state index is 0.0920. The highest BCUT2D eigenvalue weighted by Gasteiger charge is 2.40. The first-order valence-electron chi connectivity index (χ1n) is 5.21. The molecule has 2 heterocycles. The predicted octanol–water partition coefficient (Wildman–Crippen LogP) is 0.594. The molecule has 1 aliphatic carbocycles. The van der Waals surface area contributed by atoms with E-state index in [1.807, 2.05) is 6.92 Å². The molecule has 0 aromatic carbocycles. The van der Waals surface area contributed by atoms with E-state index in [1.54, 1.807) is 10.8 Å². The van der Waals surface area contributed by atoms with Crippen LogP contribution in [0.5, 0.6) is 0 Å². The van der Waals surface area contributed by atoms with Gasteiger partial charge in [-0.15, -0.1) is 0 Å². The number of nitrogens with one attached hydrogen (secondary N) is 1. The highest BCUT2D eigenvalue weighted by molar-refractivity contribution is 5.75. The van der Waals surface area contributed by atoms with E-state index in [9.17, 15) is 9.59 Å². The lowest BCUT2D eigenvalue weighted by Crippen LogP contribution is -2.28. The topological polar surface area (TPSA) is 67.8 Å². The number of pyridine rings is 1. The Morgan fingerprint density at radius 3 is 2.88 bits per heavy atom. The molecule has 3 rings (SSSR count). The Kier molecular flexibility index (Phi) is 1.64. The SMILES string of the molecule is CC1(n2cc3c(=O)[nH]cnc3cc2=O)CC1. The molecule has 2 aromatic rings. The largest absolute Gasteiger partial charge is 0.313 e. The number of H-pyrrole nitrogens is 1. The average Bonchev–Trinajstić information content (AvgIpc) is 2.97. The van der Waals surface area contributed by atoms with Crippen molar-refractivity contribution in [2.75, 3.05) is 0 Å². The maximum Gasteiger partial charge on any atom is 0.260 e. The van der Waals surface area contributed by atoms with Crippen LogP contribution in [0, 0.1) is 0 Å². The molecule has 1 N–H and O–H groups in total. The number of aromatic nitrogens is 3. The third-order valence-electron chi connectivity index (χ3n) is 3.23. The Hall–Kier alpha value is -1.91. The van der Waals surface area contributed by atoms with Gasteiger partial charge in [0.2, 0.25) is 0 Å². The van der Waals surface area contributed by atoms with E-state index in [4.69, 9.17) is 0 Å². The zero-order valence-corrected chi connectivity index (χ0v) is 8.86. The lowest BCUT2D eigenvalue weighted by atomic mass is 10.2. The van der Waals surface area contributed by atoms with Gasteiger partial charge < -0.3 is 9.55 Å². The van der Waals surface area contributed by atoms with Gasteiger partial charge in [-0.25, -0.2) is 4.98 Å². The van der Waals surface area contributed by atoms with E-state index >= 15 is 0 Å². The van der Waals surface area contributed by atoms with Gasteiger partial charge in [-0.1, -0.05) is 0 Å². The smallest absolute Gasteiger partial charge is 0.260 e. The highest BCUT2D eigenvalue weighted by atomic mass is 16.1. The molecule has 82 valence electrons. The summed E-state index contributed by atoms with van der Waals surface area (Å²) in [6.45, 7) is 2.02. The molecule has 0 spiro atoms. The number of nitrogens with zero attached hydrogens (tertiary/aromatic N) is 2. The second-order valence-electron chi connectivity index (χ2n) is 4.51. The van der Waals surface area contributed by atoms with Gasteiger partial charge in [0, 0.05) is 17.8 Å². The van der Waals surface area contributed by atoms with E-state index in [1.165, 1.54) is 12.4 Å². The van der Waals surface area contributed by atoms with Crippen molar-refractivity contribution in [2.45, 2.75) is 25.3 Å². The molecular formula is C11H11N3O2. The van der Waals surface area contributed by atoms with E-state index in [0.717, 1.165) is 12.8 Å². The first-order valence-corrected chi connectivity index (χ1v) is 5.21. The molecule has 0 radical (unpaired) electrons. The monoisotopic (exact) mass is 217 g/mol. The van der Waals surface area contributed by atoms with E-state index < -0.39 is 0 Å². The number of fused-ring (bicyclic) bond motifs is 1. The third kappa shape index (κ3) is 1.21. The van der Waals surface area contributed by atoms with Gasteiger partial charge in [0.05, 0.1) is 17.2 Å². The van der Waals surface area contributed by atoms with Gasteiger partial charge in [0.25, 0.3) is 11.1 Å². The van der Waals surface area contributed by atoms with Gasteiger partial charge in [0.1, 0.15) is 0 Å². The van der Waals surface area contributed by atoms with Crippen molar-refractivity contribution in [1.82, 2.24) is 14.5 Å². The van der Waals surface area contributed by atoms with Gasteiger partial charge in [-0.3, -0.25) is 9.59 Å². The Labute approximate surface area is 90.8 Å². The summed E-state index contributed by atoms with van der Waals surface area (Å²) in [7, 11) is 0. The van der Waals surface area contributed by atoms with Crippen molar-refractivity contribution < 1.29 is 0 Å². The van der Waals surface area contributed by atoms with Crippen LogP contribution in [0.3, 0.4) is 0 Å². The Balaban J connectivity index is 2.40. The van der Waals surface area contributed by atoms with E-state index in [-0.39, 0.29) is 16.7 Å². The van der Waals surface area contributed by atoms with Crippen LogP contribution in [0.15, 0.2) is 28.2 Å². The summed E-state index contributed by atoms with van der Waals surface area (Å²) in [6.07, 6.45) is 4.90. The van der Waals surface area contributed by atoms with E-state index in [2.05, 4.69) is 9.97 Å². The van der Waals surface area contributed by atoms with Crippen molar-refractivity contribution in [1.29, 1.82) is 0 Å². The Morgan fingerprint density at radius 1 is 1.44 bits per heavy atom. The maximum absolute atomic E-state index is 11.8. The molecule has 1 fully saturated rings. The molecule has 1 aliphatic rings. The zero-order chi connectivity index (χ0) is 11.3. The average molecular weight is 217 g/mol. The van der Waals surface area contributed by atoms with Gasteiger partial charge in [0.15, 0.2) is 0 Å². The minimum Gasteiger partial charge on any atom is -0.313 e. The normalized spacial score (nSPS) is 17.6. The number of aromatic amines is 1. The summed E-state index contributed by atoms with van der Waals surface area (Å²) in [5.41, 5.74) is 0.0518. The summed E-state index contributed by atoms with van der Waals surface area (Å²) in [5, 5.41) is 0.468. The van der Waals surface area contributed by atoms with Crippen LogP contribution < -0.4 is 11.1 Å².